The van der Waals surface area contributed by atoms with Crippen molar-refractivity contribution < 1.29 is 22.7 Å². The van der Waals surface area contributed by atoms with Crippen molar-refractivity contribution in [1.82, 2.24) is 5.43 Å². The predicted molar refractivity (Wildman–Crippen MR) is 165 cm³/mol. The lowest BCUT2D eigenvalue weighted by Gasteiger charge is -2.24. The average molecular weight is 626 g/mol. The van der Waals surface area contributed by atoms with Crippen molar-refractivity contribution >= 4 is 62.6 Å². The molecule has 0 saturated heterocycles. The number of sulfonamides is 1. The van der Waals surface area contributed by atoms with Gasteiger partial charge >= 0.3 is 0 Å². The Bertz CT molecular complexity index is 1680. The Labute approximate surface area is 253 Å². The molecular weight excluding hydrogens is 599 g/mol. The van der Waals surface area contributed by atoms with Crippen LogP contribution < -0.4 is 19.8 Å². The zero-order valence-corrected chi connectivity index (χ0v) is 24.7. The van der Waals surface area contributed by atoms with Crippen LogP contribution in [0.1, 0.15) is 11.1 Å². The van der Waals surface area contributed by atoms with Crippen molar-refractivity contribution in [3.8, 4) is 5.75 Å². The van der Waals surface area contributed by atoms with Crippen molar-refractivity contribution in [2.45, 2.75) is 11.8 Å². The highest BCUT2D eigenvalue weighted by Crippen LogP contribution is 2.32. The third-order valence-electron chi connectivity index (χ3n) is 5.79. The van der Waals surface area contributed by atoms with Gasteiger partial charge in [0.2, 0.25) is 0 Å². The number of nitrogens with zero attached hydrogens (tertiary/aromatic N) is 2. The van der Waals surface area contributed by atoms with Crippen molar-refractivity contribution in [3.63, 3.8) is 0 Å². The first-order valence-corrected chi connectivity index (χ1v) is 14.8. The second kappa shape index (κ2) is 14.0. The molecule has 4 rings (SSSR count). The molecule has 0 aliphatic carbocycles. The fourth-order valence-electron chi connectivity index (χ4n) is 3.68. The summed E-state index contributed by atoms with van der Waals surface area (Å²) in [5.74, 6) is -0.524. The number of carbonyl (C=O) groups excluding carboxylic acids is 2. The first kappa shape index (κ1) is 30.6. The highest BCUT2D eigenvalue weighted by atomic mass is 35.5. The lowest BCUT2D eigenvalue weighted by molar-refractivity contribution is -0.119. The van der Waals surface area contributed by atoms with Crippen LogP contribution in [-0.2, 0) is 19.6 Å². The van der Waals surface area contributed by atoms with E-state index in [4.69, 9.17) is 27.9 Å². The summed E-state index contributed by atoms with van der Waals surface area (Å²) in [5, 5.41) is 7.07. The van der Waals surface area contributed by atoms with Crippen LogP contribution in [0.15, 0.2) is 107 Å². The molecule has 0 saturated carbocycles. The van der Waals surface area contributed by atoms with Gasteiger partial charge in [-0.1, -0.05) is 59.1 Å². The second-order valence-corrected chi connectivity index (χ2v) is 11.7. The lowest BCUT2D eigenvalue weighted by atomic mass is 10.2. The number of ether oxygens (including phenoxy) is 1. The summed E-state index contributed by atoms with van der Waals surface area (Å²) in [6, 6.07) is 26.1. The van der Waals surface area contributed by atoms with E-state index in [2.05, 4.69) is 15.8 Å². The molecule has 0 aliphatic rings. The maximum Gasteiger partial charge on any atom is 0.264 e. The predicted octanol–water partition coefficient (Wildman–Crippen LogP) is 5.66. The number of hydrogen-bond donors (Lipinski definition) is 2. The van der Waals surface area contributed by atoms with Crippen LogP contribution in [0.4, 0.5) is 11.4 Å². The molecule has 9 nitrogen and oxygen atoms in total. The van der Waals surface area contributed by atoms with Crippen molar-refractivity contribution in [3.05, 3.63) is 118 Å². The third-order valence-corrected chi connectivity index (χ3v) is 8.10. The molecule has 4 aromatic rings. The van der Waals surface area contributed by atoms with Gasteiger partial charge < -0.3 is 10.1 Å². The maximum atomic E-state index is 13.4. The quantitative estimate of drug-likeness (QED) is 0.165. The van der Waals surface area contributed by atoms with Gasteiger partial charge in [0.05, 0.1) is 21.8 Å². The molecule has 12 heteroatoms. The van der Waals surface area contributed by atoms with Gasteiger partial charge in [-0.05, 0) is 79.2 Å². The zero-order chi connectivity index (χ0) is 30.1. The standard InChI is InChI=1S/C30H26Cl2N4O5S/c1-21-7-12-24(13-8-21)34-30(38)20-41-25-14-9-22(10-15-25)18-33-35-29(37)19-36(28-16-11-23(31)17-27(28)32)42(39,40)26-5-3-2-4-6-26/h2-18H,19-20H2,1H3,(H,34,38)(H,35,37)/b33-18-. The molecule has 4 aromatic carbocycles. The number of anilines is 2. The number of amides is 2. The van der Waals surface area contributed by atoms with E-state index in [1.54, 1.807) is 42.5 Å². The van der Waals surface area contributed by atoms with Gasteiger partial charge in [-0.25, -0.2) is 13.8 Å². The summed E-state index contributed by atoms with van der Waals surface area (Å²) in [6.07, 6.45) is 1.39. The molecule has 0 heterocycles. The lowest BCUT2D eigenvalue weighted by Crippen LogP contribution is -2.39. The minimum atomic E-state index is -4.15. The average Bonchev–Trinajstić information content (AvgIpc) is 2.97. The van der Waals surface area contributed by atoms with Gasteiger partial charge in [0.25, 0.3) is 21.8 Å². The monoisotopic (exact) mass is 624 g/mol. The van der Waals surface area contributed by atoms with E-state index in [1.165, 1.54) is 36.5 Å². The number of carbonyl (C=O) groups is 2. The fraction of sp³-hybridized carbons (Fsp3) is 0.100. The molecule has 0 aliphatic heterocycles. The highest BCUT2D eigenvalue weighted by molar-refractivity contribution is 7.92. The number of rotatable bonds is 11. The molecule has 2 amide bonds. The second-order valence-electron chi connectivity index (χ2n) is 8.99. The van der Waals surface area contributed by atoms with Crippen molar-refractivity contribution in [2.75, 3.05) is 22.8 Å². The van der Waals surface area contributed by atoms with Crippen molar-refractivity contribution in [2.24, 2.45) is 5.10 Å². The van der Waals surface area contributed by atoms with Crippen LogP contribution in [0.25, 0.3) is 0 Å². The van der Waals surface area contributed by atoms with E-state index in [-0.39, 0.29) is 28.1 Å². The molecule has 0 fully saturated rings. The molecule has 0 spiro atoms. The topological polar surface area (TPSA) is 117 Å². The van der Waals surface area contributed by atoms with Crippen molar-refractivity contribution in [1.29, 1.82) is 0 Å². The van der Waals surface area contributed by atoms with E-state index < -0.39 is 22.5 Å². The number of benzene rings is 4. The largest absolute Gasteiger partial charge is 0.484 e. The highest BCUT2D eigenvalue weighted by Gasteiger charge is 2.28. The number of aryl methyl sites for hydroxylation is 1. The molecule has 0 bridgehead atoms. The van der Waals surface area contributed by atoms with Gasteiger partial charge in [-0.3, -0.25) is 13.9 Å². The maximum absolute atomic E-state index is 13.4. The summed E-state index contributed by atoms with van der Waals surface area (Å²) in [6.45, 7) is 1.20. The van der Waals surface area contributed by atoms with E-state index in [0.29, 0.717) is 22.0 Å². The molecule has 2 N–H and O–H groups in total. The van der Waals surface area contributed by atoms with Crippen LogP contribution in [0.2, 0.25) is 10.0 Å². The molecule has 0 radical (unpaired) electrons. The Morgan fingerprint density at radius 3 is 2.26 bits per heavy atom. The van der Waals surface area contributed by atoms with Crippen LogP contribution >= 0.6 is 23.2 Å². The summed E-state index contributed by atoms with van der Waals surface area (Å²) in [5.41, 5.74) is 4.83. The Morgan fingerprint density at radius 2 is 1.60 bits per heavy atom. The molecular formula is C30H26Cl2N4O5S. The van der Waals surface area contributed by atoms with Crippen LogP contribution in [-0.4, -0.2) is 39.6 Å². The Kier molecular flexibility index (Phi) is 10.2. The molecule has 0 aromatic heterocycles. The Balaban J connectivity index is 1.36. The number of hydrogen-bond acceptors (Lipinski definition) is 6. The smallest absolute Gasteiger partial charge is 0.264 e. The van der Waals surface area contributed by atoms with Gasteiger partial charge in [0, 0.05) is 10.7 Å². The van der Waals surface area contributed by atoms with Crippen LogP contribution in [0, 0.1) is 6.92 Å². The fourth-order valence-corrected chi connectivity index (χ4v) is 5.70. The number of nitrogens with one attached hydrogen (secondary N) is 2. The third kappa shape index (κ3) is 8.32. The Morgan fingerprint density at radius 1 is 0.905 bits per heavy atom. The minimum absolute atomic E-state index is 0.0118. The number of halogens is 2. The first-order chi connectivity index (χ1) is 20.1. The summed E-state index contributed by atoms with van der Waals surface area (Å²) >= 11 is 12.3. The van der Waals surface area contributed by atoms with E-state index in [1.807, 2.05) is 31.2 Å². The number of hydrazone groups is 1. The molecule has 42 heavy (non-hydrogen) atoms. The SMILES string of the molecule is Cc1ccc(NC(=O)COc2ccc(/C=N\NC(=O)CN(c3ccc(Cl)cc3Cl)S(=O)(=O)c3ccccc3)cc2)cc1. The summed E-state index contributed by atoms with van der Waals surface area (Å²) in [7, 11) is -4.15. The summed E-state index contributed by atoms with van der Waals surface area (Å²) < 4.78 is 33.2. The normalized spacial score (nSPS) is 11.2. The first-order valence-electron chi connectivity index (χ1n) is 12.6. The molecule has 0 atom stereocenters. The molecule has 0 unspecified atom stereocenters. The van der Waals surface area contributed by atoms with E-state index in [0.717, 1.165) is 9.87 Å². The van der Waals surface area contributed by atoms with Gasteiger partial charge in [-0.2, -0.15) is 5.10 Å². The van der Waals surface area contributed by atoms with Crippen LogP contribution in [0.3, 0.4) is 0 Å². The Hall–Kier alpha value is -4.38. The zero-order valence-electron chi connectivity index (χ0n) is 22.3. The van der Waals surface area contributed by atoms with Gasteiger partial charge in [0.1, 0.15) is 12.3 Å². The minimum Gasteiger partial charge on any atom is -0.484 e. The van der Waals surface area contributed by atoms with Crippen LogP contribution in [0.5, 0.6) is 5.75 Å². The van der Waals surface area contributed by atoms with E-state index >= 15 is 0 Å². The van der Waals surface area contributed by atoms with Gasteiger partial charge in [0.15, 0.2) is 6.61 Å². The van der Waals surface area contributed by atoms with E-state index in [9.17, 15) is 18.0 Å². The summed E-state index contributed by atoms with van der Waals surface area (Å²) in [4.78, 5) is 24.9. The molecule has 216 valence electrons. The van der Waals surface area contributed by atoms with Gasteiger partial charge in [-0.15, -0.1) is 0 Å².